The summed E-state index contributed by atoms with van der Waals surface area (Å²) in [5.74, 6) is -0.465. The molecule has 1 heterocycles. The molecule has 0 aromatic heterocycles. The van der Waals surface area contributed by atoms with E-state index in [9.17, 15) is 5.11 Å². The number of rotatable bonds is 6. The van der Waals surface area contributed by atoms with Crippen LogP contribution in [0.5, 0.6) is 0 Å². The third kappa shape index (κ3) is 5.23. The lowest BCUT2D eigenvalue weighted by molar-refractivity contribution is -0.252. The zero-order valence-electron chi connectivity index (χ0n) is 10.4. The fourth-order valence-corrected chi connectivity index (χ4v) is 1.54. The van der Waals surface area contributed by atoms with Gasteiger partial charge < -0.3 is 24.6 Å². The predicted octanol–water partition coefficient (Wildman–Crippen LogP) is 0.125. The Morgan fingerprint density at radius 2 is 2.06 bits per heavy atom. The van der Waals surface area contributed by atoms with Crippen LogP contribution in [0.2, 0.25) is 0 Å². The van der Waals surface area contributed by atoms with Gasteiger partial charge in [-0.2, -0.15) is 0 Å². The third-order valence-corrected chi connectivity index (χ3v) is 2.53. The molecule has 0 amide bonds. The summed E-state index contributed by atoms with van der Waals surface area (Å²) < 4.78 is 15.9. The standard InChI is InChI=1S/C11H23NO4/c1-11(2)15-6-9(7-16-11)12-5-4-10(13)8-14-3/h9-10,12-13H,4-8H2,1-3H3. The van der Waals surface area contributed by atoms with Crippen LogP contribution in [0.15, 0.2) is 0 Å². The van der Waals surface area contributed by atoms with Crippen molar-refractivity contribution < 1.29 is 19.3 Å². The van der Waals surface area contributed by atoms with Crippen LogP contribution in [-0.4, -0.2) is 56.5 Å². The van der Waals surface area contributed by atoms with Crippen LogP contribution in [0.25, 0.3) is 0 Å². The summed E-state index contributed by atoms with van der Waals surface area (Å²) in [7, 11) is 1.58. The second-order valence-electron chi connectivity index (χ2n) is 4.57. The highest BCUT2D eigenvalue weighted by molar-refractivity contribution is 4.73. The molecule has 0 aromatic rings. The lowest BCUT2D eigenvalue weighted by atomic mass is 10.2. The van der Waals surface area contributed by atoms with Crippen molar-refractivity contribution in [2.24, 2.45) is 0 Å². The second-order valence-corrected chi connectivity index (χ2v) is 4.57. The molecule has 1 unspecified atom stereocenters. The molecule has 1 rings (SSSR count). The van der Waals surface area contributed by atoms with Gasteiger partial charge in [-0.15, -0.1) is 0 Å². The number of hydrogen-bond donors (Lipinski definition) is 2. The first kappa shape index (κ1) is 13.9. The molecular weight excluding hydrogens is 210 g/mol. The summed E-state index contributed by atoms with van der Waals surface area (Å²) in [6.45, 7) is 6.23. The molecule has 5 nitrogen and oxygen atoms in total. The molecule has 0 aliphatic carbocycles. The quantitative estimate of drug-likeness (QED) is 0.682. The Bertz CT molecular complexity index is 188. The topological polar surface area (TPSA) is 60.0 Å². The van der Waals surface area contributed by atoms with Crippen molar-refractivity contribution in [1.82, 2.24) is 5.32 Å². The van der Waals surface area contributed by atoms with Gasteiger partial charge in [0.2, 0.25) is 0 Å². The molecule has 1 fully saturated rings. The van der Waals surface area contributed by atoms with E-state index >= 15 is 0 Å². The van der Waals surface area contributed by atoms with Gasteiger partial charge in [-0.3, -0.25) is 0 Å². The van der Waals surface area contributed by atoms with Gasteiger partial charge in [-0.25, -0.2) is 0 Å². The molecular formula is C11H23NO4. The average molecular weight is 233 g/mol. The van der Waals surface area contributed by atoms with Crippen molar-refractivity contribution in [3.05, 3.63) is 0 Å². The van der Waals surface area contributed by atoms with Gasteiger partial charge >= 0.3 is 0 Å². The van der Waals surface area contributed by atoms with E-state index < -0.39 is 11.9 Å². The minimum absolute atomic E-state index is 0.211. The number of aliphatic hydroxyl groups is 1. The van der Waals surface area contributed by atoms with Gasteiger partial charge in [0.15, 0.2) is 5.79 Å². The average Bonchev–Trinajstić information content (AvgIpc) is 2.21. The Kier molecular flexibility index (Phi) is 5.64. The molecule has 0 saturated carbocycles. The lowest BCUT2D eigenvalue weighted by Gasteiger charge is -2.35. The van der Waals surface area contributed by atoms with E-state index in [-0.39, 0.29) is 6.04 Å². The monoisotopic (exact) mass is 233 g/mol. The number of hydrogen-bond acceptors (Lipinski definition) is 5. The van der Waals surface area contributed by atoms with E-state index in [4.69, 9.17) is 14.2 Å². The second kappa shape index (κ2) is 6.51. The maximum absolute atomic E-state index is 9.43. The maximum Gasteiger partial charge on any atom is 0.162 e. The number of ether oxygens (including phenoxy) is 3. The zero-order chi connectivity index (χ0) is 12.0. The van der Waals surface area contributed by atoms with Crippen LogP contribution in [0, 0.1) is 0 Å². The van der Waals surface area contributed by atoms with Gasteiger partial charge in [0.25, 0.3) is 0 Å². The molecule has 1 aliphatic heterocycles. The van der Waals surface area contributed by atoms with Crippen molar-refractivity contribution in [2.45, 2.75) is 38.2 Å². The summed E-state index contributed by atoms with van der Waals surface area (Å²) in [5, 5.41) is 12.7. The maximum atomic E-state index is 9.43. The molecule has 2 N–H and O–H groups in total. The van der Waals surface area contributed by atoms with Crippen LogP contribution in [0.1, 0.15) is 20.3 Å². The zero-order valence-corrected chi connectivity index (χ0v) is 10.4. The van der Waals surface area contributed by atoms with Gasteiger partial charge in [0.1, 0.15) is 0 Å². The van der Waals surface area contributed by atoms with E-state index in [0.29, 0.717) is 26.2 Å². The van der Waals surface area contributed by atoms with E-state index in [1.54, 1.807) is 7.11 Å². The van der Waals surface area contributed by atoms with Gasteiger partial charge in [-0.05, 0) is 26.8 Å². The Hall–Kier alpha value is -0.200. The summed E-state index contributed by atoms with van der Waals surface area (Å²) in [6.07, 6.45) is 0.271. The molecule has 1 saturated heterocycles. The number of nitrogens with one attached hydrogen (secondary N) is 1. The summed E-state index contributed by atoms with van der Waals surface area (Å²) in [6, 6.07) is 0.211. The predicted molar refractivity (Wildman–Crippen MR) is 60.3 cm³/mol. The highest BCUT2D eigenvalue weighted by Crippen LogP contribution is 2.16. The van der Waals surface area contributed by atoms with Crippen LogP contribution in [0.4, 0.5) is 0 Å². The Balaban J connectivity index is 2.06. The van der Waals surface area contributed by atoms with E-state index in [2.05, 4.69) is 5.32 Å². The summed E-state index contributed by atoms with van der Waals surface area (Å²) in [4.78, 5) is 0. The number of methoxy groups -OCH3 is 1. The van der Waals surface area contributed by atoms with E-state index in [1.807, 2.05) is 13.8 Å². The Labute approximate surface area is 97.1 Å². The molecule has 1 atom stereocenters. The molecule has 96 valence electrons. The van der Waals surface area contributed by atoms with Crippen molar-refractivity contribution in [2.75, 3.05) is 33.5 Å². The fraction of sp³-hybridized carbons (Fsp3) is 1.00. The highest BCUT2D eigenvalue weighted by atomic mass is 16.7. The van der Waals surface area contributed by atoms with E-state index in [1.165, 1.54) is 0 Å². The van der Waals surface area contributed by atoms with Gasteiger partial charge in [-0.1, -0.05) is 0 Å². The van der Waals surface area contributed by atoms with Crippen LogP contribution < -0.4 is 5.32 Å². The van der Waals surface area contributed by atoms with E-state index in [0.717, 1.165) is 6.54 Å². The fourth-order valence-electron chi connectivity index (χ4n) is 1.54. The minimum Gasteiger partial charge on any atom is -0.391 e. The highest BCUT2D eigenvalue weighted by Gasteiger charge is 2.27. The first-order chi connectivity index (χ1) is 7.53. The van der Waals surface area contributed by atoms with Crippen molar-refractivity contribution >= 4 is 0 Å². The molecule has 1 aliphatic rings. The first-order valence-electron chi connectivity index (χ1n) is 5.72. The van der Waals surface area contributed by atoms with Gasteiger partial charge in [0, 0.05) is 7.11 Å². The smallest absolute Gasteiger partial charge is 0.162 e. The van der Waals surface area contributed by atoms with Crippen LogP contribution in [0.3, 0.4) is 0 Å². The Morgan fingerprint density at radius 1 is 1.44 bits per heavy atom. The third-order valence-electron chi connectivity index (χ3n) is 2.53. The number of aliphatic hydroxyl groups excluding tert-OH is 1. The van der Waals surface area contributed by atoms with Crippen LogP contribution >= 0.6 is 0 Å². The minimum atomic E-state index is -0.465. The SMILES string of the molecule is COCC(O)CCNC1COC(C)(C)OC1. The molecule has 0 bridgehead atoms. The van der Waals surface area contributed by atoms with Crippen molar-refractivity contribution in [1.29, 1.82) is 0 Å². The molecule has 0 spiro atoms. The molecule has 16 heavy (non-hydrogen) atoms. The summed E-state index contributed by atoms with van der Waals surface area (Å²) >= 11 is 0. The lowest BCUT2D eigenvalue weighted by Crippen LogP contribution is -2.49. The summed E-state index contributed by atoms with van der Waals surface area (Å²) in [5.41, 5.74) is 0. The molecule has 0 aromatic carbocycles. The van der Waals surface area contributed by atoms with Crippen molar-refractivity contribution in [3.63, 3.8) is 0 Å². The van der Waals surface area contributed by atoms with Gasteiger partial charge in [0.05, 0.1) is 32.0 Å². The Morgan fingerprint density at radius 3 is 2.62 bits per heavy atom. The first-order valence-corrected chi connectivity index (χ1v) is 5.72. The molecule has 5 heteroatoms. The largest absolute Gasteiger partial charge is 0.391 e. The normalized spacial score (nSPS) is 23.2. The van der Waals surface area contributed by atoms with Crippen LogP contribution in [-0.2, 0) is 14.2 Å². The molecule has 0 radical (unpaired) electrons. The van der Waals surface area contributed by atoms with Crippen molar-refractivity contribution in [3.8, 4) is 0 Å².